The average Bonchev–Trinajstić information content (AvgIpc) is 2.69. The molecule has 0 unspecified atom stereocenters. The Balaban J connectivity index is 1.55. The maximum Gasteiger partial charge on any atom is 0.272 e. The molecule has 0 aliphatic heterocycles. The lowest BCUT2D eigenvalue weighted by Gasteiger charge is -2.08. The van der Waals surface area contributed by atoms with Crippen molar-refractivity contribution in [1.29, 1.82) is 0 Å². The molecule has 2 aromatic carbocycles. The molecule has 0 radical (unpaired) electrons. The van der Waals surface area contributed by atoms with Crippen LogP contribution in [0.3, 0.4) is 0 Å². The van der Waals surface area contributed by atoms with Gasteiger partial charge in [-0.25, -0.2) is 4.39 Å². The van der Waals surface area contributed by atoms with Gasteiger partial charge in [-0.05, 0) is 54.1 Å². The van der Waals surface area contributed by atoms with E-state index in [1.165, 1.54) is 19.1 Å². The number of carbonyl (C=O) groups is 2. The quantitative estimate of drug-likeness (QED) is 0.611. The Morgan fingerprint density at radius 1 is 0.893 bits per heavy atom. The van der Waals surface area contributed by atoms with Gasteiger partial charge in [-0.2, -0.15) is 0 Å². The summed E-state index contributed by atoms with van der Waals surface area (Å²) in [5, 5.41) is 16.4. The largest absolute Gasteiger partial charge is 0.347 e. The number of carbonyl (C=O) groups excluding carboxylic acids is 2. The number of rotatable bonds is 6. The average molecular weight is 379 g/mol. The van der Waals surface area contributed by atoms with E-state index in [1.54, 1.807) is 48.5 Å². The lowest BCUT2D eigenvalue weighted by molar-refractivity contribution is -0.114. The second kappa shape index (κ2) is 8.72. The fourth-order valence-electron chi connectivity index (χ4n) is 2.38. The number of aromatic nitrogens is 2. The van der Waals surface area contributed by atoms with Crippen LogP contribution in [0.15, 0.2) is 60.7 Å². The van der Waals surface area contributed by atoms with Crippen molar-refractivity contribution < 1.29 is 14.0 Å². The smallest absolute Gasteiger partial charge is 0.272 e. The summed E-state index contributed by atoms with van der Waals surface area (Å²) in [7, 11) is 0. The summed E-state index contributed by atoms with van der Waals surface area (Å²) in [5.74, 6) is -0.362. The number of anilines is 3. The molecule has 7 nitrogen and oxygen atoms in total. The van der Waals surface area contributed by atoms with Crippen molar-refractivity contribution in [2.75, 3.05) is 10.6 Å². The molecule has 28 heavy (non-hydrogen) atoms. The van der Waals surface area contributed by atoms with Crippen LogP contribution in [0.2, 0.25) is 0 Å². The molecule has 3 aromatic rings. The molecule has 0 bridgehead atoms. The second-order valence-electron chi connectivity index (χ2n) is 6.00. The van der Waals surface area contributed by atoms with E-state index in [9.17, 15) is 14.0 Å². The zero-order valence-electron chi connectivity index (χ0n) is 15.1. The lowest BCUT2D eigenvalue weighted by Crippen LogP contribution is -2.24. The molecule has 0 fully saturated rings. The Morgan fingerprint density at radius 3 is 2.18 bits per heavy atom. The molecule has 0 aliphatic carbocycles. The van der Waals surface area contributed by atoms with Crippen LogP contribution in [0.25, 0.3) is 0 Å². The summed E-state index contributed by atoms with van der Waals surface area (Å²) in [6.07, 6.45) is 0. The van der Waals surface area contributed by atoms with Crippen LogP contribution >= 0.6 is 0 Å². The first-order valence-electron chi connectivity index (χ1n) is 8.50. The van der Waals surface area contributed by atoms with Gasteiger partial charge in [-0.15, -0.1) is 10.2 Å². The molecule has 142 valence electrons. The fraction of sp³-hybridized carbons (Fsp3) is 0.100. The highest BCUT2D eigenvalue weighted by Crippen LogP contribution is 2.17. The molecule has 3 rings (SSSR count). The van der Waals surface area contributed by atoms with Crippen LogP contribution in [0.1, 0.15) is 23.0 Å². The normalized spacial score (nSPS) is 10.2. The molecule has 0 spiro atoms. The van der Waals surface area contributed by atoms with Gasteiger partial charge in [0.25, 0.3) is 5.91 Å². The van der Waals surface area contributed by atoms with Gasteiger partial charge in [0.1, 0.15) is 5.82 Å². The first kappa shape index (κ1) is 19.0. The number of hydrogen-bond donors (Lipinski definition) is 3. The number of benzene rings is 2. The third-order valence-electron chi connectivity index (χ3n) is 3.74. The zero-order chi connectivity index (χ0) is 19.9. The van der Waals surface area contributed by atoms with Crippen molar-refractivity contribution in [3.63, 3.8) is 0 Å². The molecule has 0 aliphatic rings. The summed E-state index contributed by atoms with van der Waals surface area (Å²) < 4.78 is 12.9. The standard InChI is InChI=1S/C20H18FN5O2/c1-13(27)23-16-6-8-17(9-7-16)24-19-11-10-18(25-26-19)20(28)22-12-14-2-4-15(21)5-3-14/h2-11H,12H2,1H3,(H,22,28)(H,23,27)(H,24,26). The number of amides is 2. The van der Waals surface area contributed by atoms with Crippen molar-refractivity contribution in [2.24, 2.45) is 0 Å². The van der Waals surface area contributed by atoms with Gasteiger partial charge in [-0.3, -0.25) is 9.59 Å². The molecule has 2 amide bonds. The highest BCUT2D eigenvalue weighted by molar-refractivity contribution is 5.92. The van der Waals surface area contributed by atoms with Crippen molar-refractivity contribution in [3.8, 4) is 0 Å². The summed E-state index contributed by atoms with van der Waals surface area (Å²) in [6.45, 7) is 1.71. The maximum absolute atomic E-state index is 12.9. The predicted molar refractivity (Wildman–Crippen MR) is 104 cm³/mol. The van der Waals surface area contributed by atoms with Gasteiger partial charge in [0, 0.05) is 24.8 Å². The van der Waals surface area contributed by atoms with E-state index in [4.69, 9.17) is 0 Å². The molecular weight excluding hydrogens is 361 g/mol. The number of hydrogen-bond acceptors (Lipinski definition) is 5. The SMILES string of the molecule is CC(=O)Nc1ccc(Nc2ccc(C(=O)NCc3ccc(F)cc3)nn2)cc1. The Kier molecular flexibility index (Phi) is 5.91. The van der Waals surface area contributed by atoms with E-state index < -0.39 is 0 Å². The second-order valence-corrected chi connectivity index (χ2v) is 6.00. The lowest BCUT2D eigenvalue weighted by atomic mass is 10.2. The van der Waals surface area contributed by atoms with Crippen molar-refractivity contribution in [2.45, 2.75) is 13.5 Å². The van der Waals surface area contributed by atoms with Gasteiger partial charge >= 0.3 is 0 Å². The van der Waals surface area contributed by atoms with Crippen LogP contribution in [0, 0.1) is 5.82 Å². The van der Waals surface area contributed by atoms with Crippen LogP contribution in [0.4, 0.5) is 21.6 Å². The third-order valence-corrected chi connectivity index (χ3v) is 3.74. The Labute approximate surface area is 161 Å². The van der Waals surface area contributed by atoms with Crippen LogP contribution in [-0.2, 0) is 11.3 Å². The van der Waals surface area contributed by atoms with Gasteiger partial charge in [0.05, 0.1) is 0 Å². The molecule has 3 N–H and O–H groups in total. The van der Waals surface area contributed by atoms with E-state index in [-0.39, 0.29) is 29.9 Å². The minimum atomic E-state index is -0.372. The first-order valence-corrected chi connectivity index (χ1v) is 8.50. The van der Waals surface area contributed by atoms with Crippen molar-refractivity contribution >= 4 is 29.0 Å². The highest BCUT2D eigenvalue weighted by atomic mass is 19.1. The maximum atomic E-state index is 12.9. The number of nitrogens with one attached hydrogen (secondary N) is 3. The topological polar surface area (TPSA) is 96.0 Å². The Bertz CT molecular complexity index is 957. The zero-order valence-corrected chi connectivity index (χ0v) is 15.1. The van der Waals surface area contributed by atoms with Crippen molar-refractivity contribution in [1.82, 2.24) is 15.5 Å². The van der Waals surface area contributed by atoms with Crippen molar-refractivity contribution in [3.05, 3.63) is 77.7 Å². The van der Waals surface area contributed by atoms with Crippen LogP contribution in [-0.4, -0.2) is 22.0 Å². The van der Waals surface area contributed by atoms with E-state index >= 15 is 0 Å². The predicted octanol–water partition coefficient (Wildman–Crippen LogP) is 3.25. The summed E-state index contributed by atoms with van der Waals surface area (Å²) in [5.41, 5.74) is 2.41. The molecule has 0 saturated carbocycles. The molecule has 1 heterocycles. The van der Waals surface area contributed by atoms with Crippen LogP contribution in [0.5, 0.6) is 0 Å². The molecule has 0 saturated heterocycles. The van der Waals surface area contributed by atoms with Gasteiger partial charge in [-0.1, -0.05) is 12.1 Å². The summed E-state index contributed by atoms with van der Waals surface area (Å²) in [4.78, 5) is 23.2. The molecule has 1 aromatic heterocycles. The Hall–Kier alpha value is -3.81. The summed E-state index contributed by atoms with van der Waals surface area (Å²) >= 11 is 0. The minimum absolute atomic E-state index is 0.139. The molecular formula is C20H18FN5O2. The van der Waals surface area contributed by atoms with Gasteiger partial charge in [0.2, 0.25) is 5.91 Å². The molecule has 0 atom stereocenters. The number of nitrogens with zero attached hydrogens (tertiary/aromatic N) is 2. The third kappa shape index (κ3) is 5.34. The van der Waals surface area contributed by atoms with Gasteiger partial charge in [0.15, 0.2) is 11.5 Å². The van der Waals surface area contributed by atoms with Gasteiger partial charge < -0.3 is 16.0 Å². The monoisotopic (exact) mass is 379 g/mol. The minimum Gasteiger partial charge on any atom is -0.347 e. The first-order chi connectivity index (χ1) is 13.5. The number of halogens is 1. The van der Waals surface area contributed by atoms with E-state index in [0.29, 0.717) is 11.5 Å². The van der Waals surface area contributed by atoms with E-state index in [2.05, 4.69) is 26.1 Å². The highest BCUT2D eigenvalue weighted by Gasteiger charge is 2.08. The van der Waals surface area contributed by atoms with E-state index in [1.807, 2.05) is 0 Å². The fourth-order valence-corrected chi connectivity index (χ4v) is 2.38. The Morgan fingerprint density at radius 2 is 1.57 bits per heavy atom. The molecule has 8 heteroatoms. The van der Waals surface area contributed by atoms with Crippen LogP contribution < -0.4 is 16.0 Å². The summed E-state index contributed by atoms with van der Waals surface area (Å²) in [6, 6.07) is 16.2. The van der Waals surface area contributed by atoms with E-state index in [0.717, 1.165) is 11.3 Å².